The van der Waals surface area contributed by atoms with Crippen LogP contribution < -0.4 is 11.3 Å². The summed E-state index contributed by atoms with van der Waals surface area (Å²) in [6.45, 7) is 2.68. The molecule has 0 radical (unpaired) electrons. The van der Waals surface area contributed by atoms with Crippen LogP contribution in [0, 0.1) is 0 Å². The normalized spacial score (nSPS) is 21.4. The quantitative estimate of drug-likeness (QED) is 0.406. The van der Waals surface area contributed by atoms with Crippen molar-refractivity contribution >= 4 is 9.84 Å². The van der Waals surface area contributed by atoms with E-state index in [0.717, 1.165) is 32.1 Å². The van der Waals surface area contributed by atoms with Gasteiger partial charge in [0.1, 0.15) is 9.84 Å². The molecule has 120 valence electrons. The SMILES string of the molecule is CCOC1(C(CCCS(C)(=O)=O)NN)CCCCCC1. The van der Waals surface area contributed by atoms with Crippen LogP contribution in [-0.2, 0) is 14.6 Å². The van der Waals surface area contributed by atoms with Crippen molar-refractivity contribution in [1.29, 1.82) is 0 Å². The highest BCUT2D eigenvalue weighted by molar-refractivity contribution is 7.90. The summed E-state index contributed by atoms with van der Waals surface area (Å²) in [7, 11) is -2.91. The molecule has 0 aliphatic heterocycles. The number of sulfone groups is 1. The summed E-state index contributed by atoms with van der Waals surface area (Å²) >= 11 is 0. The average Bonchev–Trinajstić information content (AvgIpc) is 2.60. The second-order valence-corrected chi connectivity index (χ2v) is 8.16. The minimum absolute atomic E-state index is 0.0299. The largest absolute Gasteiger partial charge is 0.374 e. The fourth-order valence-electron chi connectivity index (χ4n) is 3.26. The predicted molar refractivity (Wildman–Crippen MR) is 82.1 cm³/mol. The first-order valence-corrected chi connectivity index (χ1v) is 9.77. The summed E-state index contributed by atoms with van der Waals surface area (Å²) in [5, 5.41) is 0. The van der Waals surface area contributed by atoms with Crippen molar-refractivity contribution in [2.75, 3.05) is 18.6 Å². The van der Waals surface area contributed by atoms with Crippen molar-refractivity contribution in [2.45, 2.75) is 69.9 Å². The van der Waals surface area contributed by atoms with E-state index in [1.54, 1.807) is 0 Å². The van der Waals surface area contributed by atoms with Crippen LogP contribution in [-0.4, -0.2) is 38.7 Å². The molecule has 20 heavy (non-hydrogen) atoms. The number of rotatable bonds is 8. The van der Waals surface area contributed by atoms with E-state index in [4.69, 9.17) is 10.6 Å². The lowest BCUT2D eigenvalue weighted by atomic mass is 9.84. The summed E-state index contributed by atoms with van der Waals surface area (Å²) in [4.78, 5) is 0. The van der Waals surface area contributed by atoms with Crippen molar-refractivity contribution in [3.63, 3.8) is 0 Å². The molecule has 0 amide bonds. The third-order valence-electron chi connectivity index (χ3n) is 4.23. The van der Waals surface area contributed by atoms with Crippen LogP contribution in [0.25, 0.3) is 0 Å². The number of hydrazine groups is 1. The molecule has 1 aliphatic carbocycles. The molecule has 1 saturated carbocycles. The van der Waals surface area contributed by atoms with Gasteiger partial charge in [-0.2, -0.15) is 0 Å². The van der Waals surface area contributed by atoms with E-state index in [9.17, 15) is 8.42 Å². The third-order valence-corrected chi connectivity index (χ3v) is 5.26. The maximum absolute atomic E-state index is 11.3. The first kappa shape index (κ1) is 17.9. The monoisotopic (exact) mass is 306 g/mol. The van der Waals surface area contributed by atoms with Crippen molar-refractivity contribution in [3.8, 4) is 0 Å². The second kappa shape index (κ2) is 8.32. The summed E-state index contributed by atoms with van der Waals surface area (Å²) in [6, 6.07) is 0.0299. The molecule has 1 fully saturated rings. The molecule has 0 heterocycles. The molecule has 1 unspecified atom stereocenters. The third kappa shape index (κ3) is 5.68. The fraction of sp³-hybridized carbons (Fsp3) is 1.00. The van der Waals surface area contributed by atoms with Gasteiger partial charge in [-0.25, -0.2) is 8.42 Å². The van der Waals surface area contributed by atoms with Crippen LogP contribution in [0.3, 0.4) is 0 Å². The number of ether oxygens (including phenoxy) is 1. The Morgan fingerprint density at radius 2 is 1.85 bits per heavy atom. The first-order chi connectivity index (χ1) is 9.43. The Bertz CT molecular complexity index is 363. The first-order valence-electron chi connectivity index (χ1n) is 7.71. The van der Waals surface area contributed by atoms with Crippen molar-refractivity contribution in [1.82, 2.24) is 5.43 Å². The van der Waals surface area contributed by atoms with Gasteiger partial charge >= 0.3 is 0 Å². The molecular formula is C14H30N2O3S. The van der Waals surface area contributed by atoms with E-state index in [2.05, 4.69) is 5.43 Å². The van der Waals surface area contributed by atoms with E-state index in [0.29, 0.717) is 13.0 Å². The Labute approximate surface area is 123 Å². The van der Waals surface area contributed by atoms with Crippen molar-refractivity contribution in [3.05, 3.63) is 0 Å². The molecule has 0 spiro atoms. The van der Waals surface area contributed by atoms with Gasteiger partial charge in [-0.1, -0.05) is 25.7 Å². The van der Waals surface area contributed by atoms with E-state index in [-0.39, 0.29) is 17.4 Å². The predicted octanol–water partition coefficient (Wildman–Crippen LogP) is 1.77. The average molecular weight is 306 g/mol. The van der Waals surface area contributed by atoms with E-state index in [1.807, 2.05) is 6.92 Å². The summed E-state index contributed by atoms with van der Waals surface area (Å²) in [5.74, 6) is 5.96. The maximum Gasteiger partial charge on any atom is 0.147 e. The molecule has 6 heteroatoms. The zero-order valence-corrected chi connectivity index (χ0v) is 13.7. The molecule has 0 aromatic rings. The molecule has 1 rings (SSSR count). The summed E-state index contributed by atoms with van der Waals surface area (Å²) in [5.41, 5.74) is 2.67. The highest BCUT2D eigenvalue weighted by atomic mass is 32.2. The van der Waals surface area contributed by atoms with Crippen LogP contribution >= 0.6 is 0 Å². The Balaban J connectivity index is 2.69. The standard InChI is InChI=1S/C14H30N2O3S/c1-3-19-14(10-6-4-5-7-11-14)13(16-15)9-8-12-20(2,17)18/h13,16H,3-12,15H2,1-2H3. The van der Waals surface area contributed by atoms with Gasteiger partial charge < -0.3 is 4.74 Å². The molecule has 3 N–H and O–H groups in total. The summed E-state index contributed by atoms with van der Waals surface area (Å²) in [6.07, 6.45) is 9.47. The van der Waals surface area contributed by atoms with Gasteiger partial charge in [0, 0.05) is 18.6 Å². The van der Waals surface area contributed by atoms with Crippen LogP contribution in [0.5, 0.6) is 0 Å². The smallest absolute Gasteiger partial charge is 0.147 e. The van der Waals surface area contributed by atoms with Gasteiger partial charge in [0.25, 0.3) is 0 Å². The fourth-order valence-corrected chi connectivity index (χ4v) is 3.95. The summed E-state index contributed by atoms with van der Waals surface area (Å²) < 4.78 is 28.6. The van der Waals surface area contributed by atoms with Crippen LogP contribution in [0.2, 0.25) is 0 Å². The number of hydrogen-bond acceptors (Lipinski definition) is 5. The van der Waals surface area contributed by atoms with Gasteiger partial charge in [-0.3, -0.25) is 11.3 Å². The second-order valence-electron chi connectivity index (χ2n) is 5.90. The van der Waals surface area contributed by atoms with Gasteiger partial charge in [-0.15, -0.1) is 0 Å². The minimum Gasteiger partial charge on any atom is -0.374 e. The zero-order chi connectivity index (χ0) is 15.1. The molecule has 0 aromatic heterocycles. The van der Waals surface area contributed by atoms with Gasteiger partial charge in [0.2, 0.25) is 0 Å². The highest BCUT2D eigenvalue weighted by Gasteiger charge is 2.39. The number of hydrogen-bond donors (Lipinski definition) is 2. The maximum atomic E-state index is 11.3. The van der Waals surface area contributed by atoms with Crippen LogP contribution in [0.1, 0.15) is 58.3 Å². The van der Waals surface area contributed by atoms with Crippen LogP contribution in [0.15, 0.2) is 0 Å². The lowest BCUT2D eigenvalue weighted by Crippen LogP contribution is -2.55. The topological polar surface area (TPSA) is 81.4 Å². The minimum atomic E-state index is -2.91. The van der Waals surface area contributed by atoms with Gasteiger partial charge in [0.05, 0.1) is 11.6 Å². The lowest BCUT2D eigenvalue weighted by Gasteiger charge is -2.40. The van der Waals surface area contributed by atoms with Crippen molar-refractivity contribution in [2.24, 2.45) is 5.84 Å². The lowest BCUT2D eigenvalue weighted by molar-refractivity contribution is -0.0787. The zero-order valence-electron chi connectivity index (χ0n) is 12.9. The molecule has 0 saturated heterocycles. The van der Waals surface area contributed by atoms with E-state index >= 15 is 0 Å². The molecule has 5 nitrogen and oxygen atoms in total. The molecule has 0 aromatic carbocycles. The highest BCUT2D eigenvalue weighted by Crippen LogP contribution is 2.35. The molecule has 1 aliphatic rings. The number of nitrogens with two attached hydrogens (primary N) is 1. The van der Waals surface area contributed by atoms with Gasteiger partial charge in [0.15, 0.2) is 0 Å². The van der Waals surface area contributed by atoms with E-state index < -0.39 is 9.84 Å². The Morgan fingerprint density at radius 1 is 1.25 bits per heavy atom. The molecular weight excluding hydrogens is 276 g/mol. The van der Waals surface area contributed by atoms with E-state index in [1.165, 1.54) is 19.1 Å². The van der Waals surface area contributed by atoms with Crippen LogP contribution in [0.4, 0.5) is 0 Å². The molecule has 0 bridgehead atoms. The number of nitrogens with one attached hydrogen (secondary N) is 1. The Hall–Kier alpha value is -0.170. The Morgan fingerprint density at radius 3 is 2.30 bits per heavy atom. The molecule has 1 atom stereocenters. The Kier molecular flexibility index (Phi) is 7.43. The van der Waals surface area contributed by atoms with Crippen molar-refractivity contribution < 1.29 is 13.2 Å². The van der Waals surface area contributed by atoms with Gasteiger partial charge in [-0.05, 0) is 32.6 Å².